The van der Waals surface area contributed by atoms with Crippen molar-refractivity contribution in [1.82, 2.24) is 0 Å². The zero-order chi connectivity index (χ0) is 7.84. The van der Waals surface area contributed by atoms with E-state index in [9.17, 15) is 0 Å². The molecule has 2 N–H and O–H groups in total. The lowest BCUT2D eigenvalue weighted by atomic mass is 10.1. The van der Waals surface area contributed by atoms with Crippen molar-refractivity contribution in [2.24, 2.45) is 11.7 Å². The Bertz CT molecular complexity index is 250. The minimum absolute atomic E-state index is 0.329. The molecule has 0 radical (unpaired) electrons. The predicted octanol–water partition coefficient (Wildman–Crippen LogP) is 2.47. The molecule has 0 aromatic carbocycles. The lowest BCUT2D eigenvalue weighted by Crippen LogP contribution is -2.11. The third kappa shape index (κ3) is 1.33. The van der Waals surface area contributed by atoms with Gasteiger partial charge in [-0.1, -0.05) is 0 Å². The summed E-state index contributed by atoms with van der Waals surface area (Å²) >= 11 is 1.80. The predicted molar refractivity (Wildman–Crippen MR) is 48.7 cm³/mol. The first kappa shape index (κ1) is 7.32. The number of hydrogen-bond donors (Lipinski definition) is 1. The van der Waals surface area contributed by atoms with Gasteiger partial charge in [0.1, 0.15) is 0 Å². The molecular weight excluding hydrogens is 154 g/mol. The molecule has 1 aliphatic carbocycles. The summed E-state index contributed by atoms with van der Waals surface area (Å²) in [5.41, 5.74) is 7.43. The van der Waals surface area contributed by atoms with E-state index in [1.165, 1.54) is 23.3 Å². The molecule has 1 heterocycles. The van der Waals surface area contributed by atoms with Crippen LogP contribution in [0.5, 0.6) is 0 Å². The van der Waals surface area contributed by atoms with Crippen LogP contribution in [0.15, 0.2) is 11.4 Å². The van der Waals surface area contributed by atoms with Crippen LogP contribution in [0.25, 0.3) is 0 Å². The van der Waals surface area contributed by atoms with Gasteiger partial charge in [0.05, 0.1) is 0 Å². The quantitative estimate of drug-likeness (QED) is 0.719. The molecule has 60 valence electrons. The van der Waals surface area contributed by atoms with Crippen molar-refractivity contribution in [3.8, 4) is 0 Å². The van der Waals surface area contributed by atoms with Crippen molar-refractivity contribution in [2.75, 3.05) is 0 Å². The van der Waals surface area contributed by atoms with Crippen molar-refractivity contribution in [2.45, 2.75) is 25.8 Å². The highest BCUT2D eigenvalue weighted by molar-refractivity contribution is 7.10. The van der Waals surface area contributed by atoms with E-state index < -0.39 is 0 Å². The molecule has 0 aliphatic heterocycles. The molecule has 0 bridgehead atoms. The van der Waals surface area contributed by atoms with E-state index in [-0.39, 0.29) is 0 Å². The van der Waals surface area contributed by atoms with Crippen molar-refractivity contribution in [1.29, 1.82) is 0 Å². The van der Waals surface area contributed by atoms with E-state index in [2.05, 4.69) is 18.4 Å². The number of rotatable bonds is 2. The van der Waals surface area contributed by atoms with Gasteiger partial charge in [-0.2, -0.15) is 0 Å². The largest absolute Gasteiger partial charge is 0.323 e. The standard InChI is InChI=1S/C9H13NS/c1-6-4-5-11-9(6)8(10)7-2-3-7/h4-5,7-8H,2-3,10H2,1H3. The van der Waals surface area contributed by atoms with Gasteiger partial charge in [0.25, 0.3) is 0 Å². The monoisotopic (exact) mass is 167 g/mol. The Morgan fingerprint density at radius 2 is 2.36 bits per heavy atom. The Labute approximate surface area is 71.2 Å². The Hall–Kier alpha value is -0.340. The summed E-state index contributed by atoms with van der Waals surface area (Å²) in [6.07, 6.45) is 2.66. The highest BCUT2D eigenvalue weighted by Crippen LogP contribution is 2.41. The molecule has 1 aliphatic rings. The van der Waals surface area contributed by atoms with E-state index >= 15 is 0 Å². The van der Waals surface area contributed by atoms with Gasteiger partial charge in [-0.3, -0.25) is 0 Å². The maximum Gasteiger partial charge on any atom is 0.0421 e. The third-order valence-corrected chi connectivity index (χ3v) is 3.45. The average molecular weight is 167 g/mol. The summed E-state index contributed by atoms with van der Waals surface area (Å²) in [6, 6.07) is 2.48. The SMILES string of the molecule is Cc1ccsc1C(N)C1CC1. The topological polar surface area (TPSA) is 26.0 Å². The second-order valence-electron chi connectivity index (χ2n) is 3.33. The van der Waals surface area contributed by atoms with Gasteiger partial charge in [0.2, 0.25) is 0 Å². The summed E-state index contributed by atoms with van der Waals surface area (Å²) in [5.74, 6) is 0.785. The summed E-state index contributed by atoms with van der Waals surface area (Å²) in [7, 11) is 0. The van der Waals surface area contributed by atoms with E-state index in [4.69, 9.17) is 5.73 Å². The molecule has 2 rings (SSSR count). The zero-order valence-electron chi connectivity index (χ0n) is 6.71. The van der Waals surface area contributed by atoms with Gasteiger partial charge in [0.15, 0.2) is 0 Å². The summed E-state index contributed by atoms with van der Waals surface area (Å²) in [5, 5.41) is 2.13. The van der Waals surface area contributed by atoms with Crippen LogP contribution in [0.1, 0.15) is 29.3 Å². The van der Waals surface area contributed by atoms with Gasteiger partial charge in [-0.05, 0) is 42.7 Å². The first-order chi connectivity index (χ1) is 5.29. The van der Waals surface area contributed by atoms with Gasteiger partial charge in [-0.15, -0.1) is 11.3 Å². The number of thiophene rings is 1. The molecule has 1 saturated carbocycles. The maximum atomic E-state index is 6.06. The number of hydrogen-bond acceptors (Lipinski definition) is 2. The molecule has 1 aromatic heterocycles. The van der Waals surface area contributed by atoms with Crippen molar-refractivity contribution in [3.63, 3.8) is 0 Å². The zero-order valence-corrected chi connectivity index (χ0v) is 7.53. The Morgan fingerprint density at radius 3 is 2.82 bits per heavy atom. The van der Waals surface area contributed by atoms with Crippen LogP contribution >= 0.6 is 11.3 Å². The fraction of sp³-hybridized carbons (Fsp3) is 0.556. The molecule has 1 fully saturated rings. The molecule has 1 unspecified atom stereocenters. The van der Waals surface area contributed by atoms with Gasteiger partial charge in [-0.25, -0.2) is 0 Å². The van der Waals surface area contributed by atoms with Crippen molar-refractivity contribution in [3.05, 3.63) is 21.9 Å². The molecule has 1 atom stereocenters. The van der Waals surface area contributed by atoms with Crippen molar-refractivity contribution >= 4 is 11.3 Å². The molecular formula is C9H13NS. The first-order valence-corrected chi connectivity index (χ1v) is 4.96. The Morgan fingerprint density at radius 1 is 1.64 bits per heavy atom. The van der Waals surface area contributed by atoms with E-state index in [0.717, 1.165) is 5.92 Å². The highest BCUT2D eigenvalue weighted by Gasteiger charge is 2.30. The maximum absolute atomic E-state index is 6.06. The number of aryl methyl sites for hydroxylation is 1. The fourth-order valence-corrected chi connectivity index (χ4v) is 2.42. The third-order valence-electron chi connectivity index (χ3n) is 2.33. The highest BCUT2D eigenvalue weighted by atomic mass is 32.1. The van der Waals surface area contributed by atoms with Gasteiger partial charge in [0, 0.05) is 10.9 Å². The summed E-state index contributed by atoms with van der Waals surface area (Å²) < 4.78 is 0. The van der Waals surface area contributed by atoms with Crippen LogP contribution in [0.3, 0.4) is 0 Å². The first-order valence-electron chi connectivity index (χ1n) is 4.08. The summed E-state index contributed by atoms with van der Waals surface area (Å²) in [4.78, 5) is 1.40. The Balaban J connectivity index is 2.20. The molecule has 0 spiro atoms. The molecule has 0 saturated heterocycles. The lowest BCUT2D eigenvalue weighted by Gasteiger charge is -2.08. The minimum Gasteiger partial charge on any atom is -0.323 e. The normalized spacial score (nSPS) is 20.2. The summed E-state index contributed by atoms with van der Waals surface area (Å²) in [6.45, 7) is 2.15. The molecule has 1 aromatic rings. The van der Waals surface area contributed by atoms with Crippen LogP contribution in [0.2, 0.25) is 0 Å². The van der Waals surface area contributed by atoms with E-state index in [1.807, 2.05) is 0 Å². The van der Waals surface area contributed by atoms with Crippen LogP contribution < -0.4 is 5.73 Å². The van der Waals surface area contributed by atoms with Crippen LogP contribution in [-0.2, 0) is 0 Å². The second kappa shape index (κ2) is 2.61. The Kier molecular flexibility index (Phi) is 1.74. The van der Waals surface area contributed by atoms with E-state index in [0.29, 0.717) is 6.04 Å². The fourth-order valence-electron chi connectivity index (χ4n) is 1.40. The van der Waals surface area contributed by atoms with E-state index in [1.54, 1.807) is 11.3 Å². The molecule has 11 heavy (non-hydrogen) atoms. The van der Waals surface area contributed by atoms with Crippen LogP contribution in [-0.4, -0.2) is 0 Å². The minimum atomic E-state index is 0.329. The van der Waals surface area contributed by atoms with Gasteiger partial charge >= 0.3 is 0 Å². The molecule has 2 heteroatoms. The lowest BCUT2D eigenvalue weighted by molar-refractivity contribution is 0.642. The number of nitrogens with two attached hydrogens (primary N) is 1. The second-order valence-corrected chi connectivity index (χ2v) is 4.28. The molecule has 0 amide bonds. The van der Waals surface area contributed by atoms with Crippen molar-refractivity contribution < 1.29 is 0 Å². The van der Waals surface area contributed by atoms with Crippen LogP contribution in [0, 0.1) is 12.8 Å². The van der Waals surface area contributed by atoms with Gasteiger partial charge < -0.3 is 5.73 Å². The smallest absolute Gasteiger partial charge is 0.0421 e. The molecule has 1 nitrogen and oxygen atoms in total. The van der Waals surface area contributed by atoms with Crippen LogP contribution in [0.4, 0.5) is 0 Å². The average Bonchev–Trinajstić information content (AvgIpc) is 2.74.